The summed E-state index contributed by atoms with van der Waals surface area (Å²) in [5.41, 5.74) is 9.92. The van der Waals surface area contributed by atoms with Gasteiger partial charge in [0.05, 0.1) is 6.16 Å². The van der Waals surface area contributed by atoms with Crippen LogP contribution in [0.15, 0.2) is 4.99 Å². The lowest BCUT2D eigenvalue weighted by molar-refractivity contribution is -0.331. The molecule has 0 rings (SSSR count). The zero-order valence-electron chi connectivity index (χ0n) is 5.93. The number of hydrogen-bond donors (Lipinski definition) is 3. The van der Waals surface area contributed by atoms with Crippen molar-refractivity contribution < 1.29 is 14.7 Å². The van der Waals surface area contributed by atoms with Crippen molar-refractivity contribution in [2.24, 2.45) is 16.5 Å². The summed E-state index contributed by atoms with van der Waals surface area (Å²) in [5.74, 6) is -0.0799. The molecule has 0 atom stereocenters. The minimum atomic E-state index is -4.13. The summed E-state index contributed by atoms with van der Waals surface area (Å²) in [6, 6.07) is 0. The first-order valence-electron chi connectivity index (χ1n) is 3.00. The van der Waals surface area contributed by atoms with Crippen LogP contribution < -0.4 is 21.3 Å². The maximum atomic E-state index is 10.1. The van der Waals surface area contributed by atoms with E-state index in [2.05, 4.69) is 4.99 Å². The van der Waals surface area contributed by atoms with Gasteiger partial charge in [-0.05, 0) is 0 Å². The zero-order chi connectivity index (χ0) is 8.91. The molecule has 0 radical (unpaired) electrons. The van der Waals surface area contributed by atoms with Crippen LogP contribution >= 0.6 is 7.94 Å². The fourth-order valence-electron chi connectivity index (χ4n) is 0.479. The minimum Gasteiger partial charge on any atom is -0.660 e. The molecule has 0 bridgehead atoms. The largest absolute Gasteiger partial charge is 0.660 e. The van der Waals surface area contributed by atoms with E-state index in [1.165, 1.54) is 0 Å². The molecule has 0 aromatic rings. The van der Waals surface area contributed by atoms with Crippen LogP contribution in [0.3, 0.4) is 0 Å². The summed E-state index contributed by atoms with van der Waals surface area (Å²) < 4.78 is 0. The van der Waals surface area contributed by atoms with E-state index < -0.39 is 7.94 Å². The van der Waals surface area contributed by atoms with E-state index in [4.69, 9.17) is 16.4 Å². The highest BCUT2D eigenvalue weighted by molar-refractivity contribution is 7.55. The van der Waals surface area contributed by atoms with Crippen LogP contribution in [0.2, 0.25) is 0 Å². The van der Waals surface area contributed by atoms with Gasteiger partial charge in [-0.25, -0.2) is 0 Å². The van der Waals surface area contributed by atoms with Crippen LogP contribution in [0.5, 0.6) is 0 Å². The van der Waals surface area contributed by atoms with E-state index in [1.807, 2.05) is 0 Å². The van der Waals surface area contributed by atoms with Gasteiger partial charge in [-0.3, -0.25) is 9.89 Å². The molecule has 6 nitrogen and oxygen atoms in total. The molecule has 7 heteroatoms. The van der Waals surface area contributed by atoms with Gasteiger partial charge in [-0.15, -0.1) is 0 Å². The first-order valence-corrected chi connectivity index (χ1v) is 4.76. The van der Waals surface area contributed by atoms with E-state index in [0.29, 0.717) is 0 Å². The predicted octanol–water partition coefficient (Wildman–Crippen LogP) is -2.87. The summed E-state index contributed by atoms with van der Waals surface area (Å²) in [7, 11) is -4.13. The van der Waals surface area contributed by atoms with Gasteiger partial charge in [0, 0.05) is 20.9 Å². The molecular weight excluding hydrogens is 169 g/mol. The number of guanidine groups is 1. The number of nitrogens with zero attached hydrogens (tertiary/aromatic N) is 1. The Morgan fingerprint density at radius 1 is 1.45 bits per heavy atom. The molecule has 0 aromatic carbocycles. The fourth-order valence-corrected chi connectivity index (χ4v) is 1.02. The molecule has 0 spiro atoms. The number of nitrogens with two attached hydrogens (primary N) is 2. The Morgan fingerprint density at radius 3 is 2.36 bits per heavy atom. The molecule has 0 aliphatic carbocycles. The molecule has 0 aromatic heterocycles. The van der Waals surface area contributed by atoms with Crippen molar-refractivity contribution in [1.82, 2.24) is 0 Å². The van der Waals surface area contributed by atoms with Gasteiger partial charge < -0.3 is 21.3 Å². The highest BCUT2D eigenvalue weighted by atomic mass is 31.2. The van der Waals surface area contributed by atoms with E-state index in [9.17, 15) is 9.79 Å². The predicted molar refractivity (Wildman–Crippen MR) is 39.3 cm³/mol. The summed E-state index contributed by atoms with van der Waals surface area (Å²) in [6.45, 7) is 0.217. The second kappa shape index (κ2) is 4.46. The Labute approximate surface area is 65.1 Å². The van der Waals surface area contributed by atoms with Crippen LogP contribution in [0.4, 0.5) is 0 Å². The lowest BCUT2D eigenvalue weighted by Gasteiger charge is -2.27. The van der Waals surface area contributed by atoms with Crippen molar-refractivity contribution in [2.45, 2.75) is 6.42 Å². The topological polar surface area (TPSA) is 131 Å². The van der Waals surface area contributed by atoms with Gasteiger partial charge in [0.1, 0.15) is 0 Å². The monoisotopic (exact) mass is 180 g/mol. The normalized spacial score (nSPS) is 11.2. The van der Waals surface area contributed by atoms with Crippen molar-refractivity contribution in [3.05, 3.63) is 0 Å². The lowest BCUT2D eigenvalue weighted by Crippen LogP contribution is -2.25. The van der Waals surface area contributed by atoms with Crippen LogP contribution in [0.1, 0.15) is 6.42 Å². The fraction of sp³-hybridized carbons (Fsp3) is 0.750. The Balaban J connectivity index is 3.36. The molecule has 0 aliphatic heterocycles. The smallest absolute Gasteiger partial charge is 0.185 e. The summed E-state index contributed by atoms with van der Waals surface area (Å²) in [4.78, 5) is 32.1. The van der Waals surface area contributed by atoms with Gasteiger partial charge in [-0.1, -0.05) is 0 Å². The number of hydrogen-bond acceptors (Lipinski definition) is 4. The molecule has 0 fully saturated rings. The lowest BCUT2D eigenvalue weighted by atomic mass is 10.5. The Bertz CT molecular complexity index is 140. The Hall–Kier alpha value is -0.420. The van der Waals surface area contributed by atoms with Gasteiger partial charge in [0.25, 0.3) is 0 Å². The summed E-state index contributed by atoms with van der Waals surface area (Å²) in [5, 5.41) is 0. The van der Waals surface area contributed by atoms with Crippen LogP contribution in [0, 0.1) is 0 Å². The van der Waals surface area contributed by atoms with E-state index in [-0.39, 0.29) is 25.1 Å². The molecule has 0 saturated carbocycles. The van der Waals surface area contributed by atoms with Crippen LogP contribution in [0.25, 0.3) is 0 Å². The van der Waals surface area contributed by atoms with E-state index >= 15 is 0 Å². The van der Waals surface area contributed by atoms with Gasteiger partial charge in [0.2, 0.25) is 0 Å². The average molecular weight is 180 g/mol. The maximum Gasteiger partial charge on any atom is 0.185 e. The Kier molecular flexibility index (Phi) is 4.29. The van der Waals surface area contributed by atoms with Crippen molar-refractivity contribution in [3.8, 4) is 0 Å². The third-order valence-electron chi connectivity index (χ3n) is 0.893. The maximum absolute atomic E-state index is 10.1. The van der Waals surface area contributed by atoms with E-state index in [1.54, 1.807) is 0 Å². The molecular formula is C4H11N3O3P-. The second-order valence-electron chi connectivity index (χ2n) is 2.02. The molecule has 5 N–H and O–H groups in total. The van der Waals surface area contributed by atoms with Gasteiger partial charge >= 0.3 is 0 Å². The molecule has 66 valence electrons. The molecule has 0 amide bonds. The van der Waals surface area contributed by atoms with Gasteiger partial charge in [-0.2, -0.15) is 0 Å². The van der Waals surface area contributed by atoms with Crippen molar-refractivity contribution in [2.75, 3.05) is 12.7 Å². The molecule has 0 heterocycles. The first kappa shape index (κ1) is 10.6. The van der Waals surface area contributed by atoms with Crippen LogP contribution in [-0.4, -0.2) is 23.6 Å². The molecule has 11 heavy (non-hydrogen) atoms. The standard InChI is InChI=1S/C4H12N3O3P/c5-4(6)7-2-1-3-11(8,9)10/h1-3H2,(H4,5,6,7)(H2,8,9,10)/p-1. The van der Waals surface area contributed by atoms with Crippen molar-refractivity contribution in [1.29, 1.82) is 0 Å². The first-order chi connectivity index (χ1) is 4.92. The quantitative estimate of drug-likeness (QED) is 0.185. The van der Waals surface area contributed by atoms with Crippen molar-refractivity contribution in [3.63, 3.8) is 0 Å². The number of rotatable bonds is 4. The Morgan fingerprint density at radius 2 is 2.00 bits per heavy atom. The van der Waals surface area contributed by atoms with Crippen LogP contribution in [-0.2, 0) is 0 Å². The van der Waals surface area contributed by atoms with Crippen molar-refractivity contribution >= 4 is 13.9 Å². The minimum absolute atomic E-state index is 0.0799. The molecule has 0 aliphatic rings. The SMILES string of the molecule is NC(N)=NCCC[P+]([O-])([O-])O. The third-order valence-corrected chi connectivity index (χ3v) is 1.77. The molecule has 0 unspecified atom stereocenters. The van der Waals surface area contributed by atoms with Gasteiger partial charge in [0.15, 0.2) is 5.96 Å². The summed E-state index contributed by atoms with van der Waals surface area (Å²) >= 11 is 0. The highest BCUT2D eigenvalue weighted by Crippen LogP contribution is 2.33. The molecule has 0 saturated heterocycles. The highest BCUT2D eigenvalue weighted by Gasteiger charge is 2.05. The third kappa shape index (κ3) is 9.58. The number of aliphatic imine (C=N–C) groups is 1. The average Bonchev–Trinajstić information content (AvgIpc) is 1.78. The zero-order valence-corrected chi connectivity index (χ0v) is 6.83. The van der Waals surface area contributed by atoms with E-state index in [0.717, 1.165) is 0 Å². The summed E-state index contributed by atoms with van der Waals surface area (Å²) in [6.07, 6.45) is -0.0566. The second-order valence-corrected chi connectivity index (χ2v) is 3.74.